The molecule has 6 rings (SSSR count). The number of hydrogen-bond donors (Lipinski definition) is 3. The molecule has 1 unspecified atom stereocenters. The first kappa shape index (κ1) is 41.9. The van der Waals surface area contributed by atoms with Gasteiger partial charge in [-0.15, -0.1) is 6.58 Å². The average molecular weight is 795 g/mol. The molecule has 306 valence electrons. The maximum absolute atomic E-state index is 13.4. The minimum absolute atomic E-state index is 0.113. The Kier molecular flexibility index (Phi) is 15.0. The van der Waals surface area contributed by atoms with E-state index in [0.717, 1.165) is 67.5 Å². The van der Waals surface area contributed by atoms with Gasteiger partial charge in [0.25, 0.3) is 0 Å². The molecule has 1 saturated heterocycles. The number of carbonyl (C=O) groups is 1. The minimum atomic E-state index is -1.06. The van der Waals surface area contributed by atoms with Crippen LogP contribution >= 0.6 is 11.8 Å². The van der Waals surface area contributed by atoms with Gasteiger partial charge >= 0.3 is 6.09 Å². The van der Waals surface area contributed by atoms with Gasteiger partial charge in [-0.2, -0.15) is 11.8 Å². The number of rotatable bonds is 19. The van der Waals surface area contributed by atoms with Gasteiger partial charge in [0.1, 0.15) is 23.0 Å². The van der Waals surface area contributed by atoms with Crippen LogP contribution < -0.4 is 24.3 Å². The van der Waals surface area contributed by atoms with Crippen molar-refractivity contribution in [3.05, 3.63) is 66.3 Å². The standard InChI is InChI=1S/C43H58N2O10S/c1-5-22-52-43-38(56-6-2)27-35(45-55-39-15-9-12-23-51-39)32-24-28(13-7-10-20-46)31(14-8-11-21-47)40(41(32)43)33-25-30(17-19-36(33)54-43)53-42(48)44-34-18-16-29(49-3)26-37(34)50-4/h5,16-19,24-26,28,31,38-41,46-47H,1,6-15,20-23,27H2,2-4H3,(H,44,48)/t28-,31+,38-,39?,40+,41+,43+/m0/s1. The number of methoxy groups -OCH3 is 2. The Labute approximate surface area is 334 Å². The lowest BCUT2D eigenvalue weighted by atomic mass is 9.56. The van der Waals surface area contributed by atoms with E-state index in [0.29, 0.717) is 54.6 Å². The van der Waals surface area contributed by atoms with E-state index in [1.807, 2.05) is 12.1 Å². The summed E-state index contributed by atoms with van der Waals surface area (Å²) in [5.41, 5.74) is 3.27. The molecular weight excluding hydrogens is 737 g/mol. The lowest BCUT2D eigenvalue weighted by Gasteiger charge is -2.58. The maximum Gasteiger partial charge on any atom is 0.417 e. The van der Waals surface area contributed by atoms with Crippen molar-refractivity contribution in [3.8, 4) is 23.0 Å². The summed E-state index contributed by atoms with van der Waals surface area (Å²) < 4.78 is 36.8. The van der Waals surface area contributed by atoms with Crippen LogP contribution in [0.1, 0.15) is 82.6 Å². The zero-order chi connectivity index (χ0) is 39.5. The first-order valence-corrected chi connectivity index (χ1v) is 21.1. The summed E-state index contributed by atoms with van der Waals surface area (Å²) in [5, 5.41) is 27.2. The molecule has 0 aromatic heterocycles. The van der Waals surface area contributed by atoms with Crippen LogP contribution in [0.15, 0.2) is 65.9 Å². The number of allylic oxidation sites excluding steroid dienone is 1. The van der Waals surface area contributed by atoms with E-state index in [1.54, 1.807) is 49.2 Å². The minimum Gasteiger partial charge on any atom is -0.497 e. The second-order valence-corrected chi connectivity index (χ2v) is 16.2. The van der Waals surface area contributed by atoms with E-state index in [1.165, 1.54) is 7.11 Å². The molecule has 12 nitrogen and oxygen atoms in total. The quantitative estimate of drug-likeness (QED) is 0.0718. The van der Waals surface area contributed by atoms with Crippen LogP contribution in [-0.2, 0) is 14.3 Å². The molecule has 2 fully saturated rings. The van der Waals surface area contributed by atoms with Gasteiger partial charge in [0.15, 0.2) is 0 Å². The van der Waals surface area contributed by atoms with Crippen LogP contribution in [0.5, 0.6) is 23.0 Å². The van der Waals surface area contributed by atoms with Gasteiger partial charge < -0.3 is 43.5 Å². The number of ether oxygens (including phenoxy) is 6. The highest BCUT2D eigenvalue weighted by Gasteiger charge is 2.64. The number of aliphatic hydroxyl groups excluding tert-OH is 2. The number of hydrogen-bond acceptors (Lipinski definition) is 12. The van der Waals surface area contributed by atoms with E-state index in [-0.39, 0.29) is 48.7 Å². The number of nitrogens with zero attached hydrogens (tertiary/aromatic N) is 1. The van der Waals surface area contributed by atoms with E-state index in [4.69, 9.17) is 38.4 Å². The highest BCUT2D eigenvalue weighted by molar-refractivity contribution is 8.00. The number of oxime groups is 1. The van der Waals surface area contributed by atoms with Crippen molar-refractivity contribution in [1.29, 1.82) is 0 Å². The Bertz CT molecular complexity index is 1700. The molecule has 13 heteroatoms. The monoisotopic (exact) mass is 794 g/mol. The maximum atomic E-state index is 13.4. The van der Waals surface area contributed by atoms with Crippen molar-refractivity contribution in [2.24, 2.45) is 22.9 Å². The second-order valence-electron chi connectivity index (χ2n) is 14.7. The van der Waals surface area contributed by atoms with Gasteiger partial charge in [0.05, 0.1) is 50.0 Å². The Hall–Kier alpha value is -3.75. The van der Waals surface area contributed by atoms with Gasteiger partial charge in [0.2, 0.25) is 12.1 Å². The van der Waals surface area contributed by atoms with Gasteiger partial charge in [-0.05, 0) is 92.0 Å². The predicted molar refractivity (Wildman–Crippen MR) is 217 cm³/mol. The lowest BCUT2D eigenvalue weighted by molar-refractivity contribution is -0.223. The van der Waals surface area contributed by atoms with E-state index >= 15 is 0 Å². The summed E-state index contributed by atoms with van der Waals surface area (Å²) in [6, 6.07) is 10.7. The van der Waals surface area contributed by atoms with Gasteiger partial charge in [0, 0.05) is 43.6 Å². The molecule has 2 aromatic rings. The number of carbonyl (C=O) groups excluding carboxylic acids is 1. The predicted octanol–water partition coefficient (Wildman–Crippen LogP) is 8.23. The number of benzene rings is 2. The van der Waals surface area contributed by atoms with E-state index in [2.05, 4.69) is 24.9 Å². The summed E-state index contributed by atoms with van der Waals surface area (Å²) in [5.74, 6) is 1.66. The van der Waals surface area contributed by atoms with Crippen LogP contribution in [0.3, 0.4) is 0 Å². The largest absolute Gasteiger partial charge is 0.497 e. The van der Waals surface area contributed by atoms with Crippen molar-refractivity contribution in [3.63, 3.8) is 0 Å². The third-order valence-corrected chi connectivity index (χ3v) is 12.5. The van der Waals surface area contributed by atoms with Gasteiger partial charge in [-0.3, -0.25) is 5.32 Å². The zero-order valence-electron chi connectivity index (χ0n) is 32.9. The van der Waals surface area contributed by atoms with Crippen molar-refractivity contribution >= 4 is 29.3 Å². The smallest absolute Gasteiger partial charge is 0.417 e. The number of unbranched alkanes of at least 4 members (excludes halogenated alkanes) is 2. The topological polar surface area (TPSA) is 147 Å². The molecule has 1 amide bonds. The number of fused-ring (bicyclic) bond motifs is 2. The van der Waals surface area contributed by atoms with Crippen LogP contribution in [0.25, 0.3) is 0 Å². The fourth-order valence-corrected chi connectivity index (χ4v) is 9.97. The molecular formula is C43H58N2O10S. The number of nitrogens with one attached hydrogen (secondary N) is 1. The van der Waals surface area contributed by atoms with Crippen LogP contribution in [-0.4, -0.2) is 85.7 Å². The first-order valence-electron chi connectivity index (χ1n) is 20.1. The summed E-state index contributed by atoms with van der Waals surface area (Å²) in [7, 11) is 3.09. The normalized spacial score (nSPS) is 27.2. The van der Waals surface area contributed by atoms with Crippen LogP contribution in [0.2, 0.25) is 0 Å². The summed E-state index contributed by atoms with van der Waals surface area (Å²) >= 11 is 1.79. The third kappa shape index (κ3) is 9.34. The van der Waals surface area contributed by atoms with E-state index < -0.39 is 18.2 Å². The zero-order valence-corrected chi connectivity index (χ0v) is 33.7. The summed E-state index contributed by atoms with van der Waals surface area (Å²) in [6.07, 6.45) is 11.2. The number of aliphatic hydroxyl groups is 2. The SMILES string of the molecule is C=CCO[C@@]12Oc3ccc(OC(=O)Nc4ccc(OC)cc4OC)cc3[C@H]3[C@H](CCCCO)[C@@H](CCCCO)C=C(C(=NOC4CCCCO4)C[C@@H]1SCC)[C@H]32. The van der Waals surface area contributed by atoms with Crippen molar-refractivity contribution in [2.75, 3.05) is 51.7 Å². The highest BCUT2D eigenvalue weighted by Crippen LogP contribution is 2.62. The fraction of sp³-hybridized carbons (Fsp3) is 0.581. The molecule has 3 N–H and O–H groups in total. The first-order chi connectivity index (χ1) is 27.4. The number of anilines is 1. The van der Waals surface area contributed by atoms with Crippen molar-refractivity contribution in [2.45, 2.75) is 94.4 Å². The van der Waals surface area contributed by atoms with Gasteiger partial charge in [-0.1, -0.05) is 37.1 Å². The Morgan fingerprint density at radius 3 is 2.57 bits per heavy atom. The Morgan fingerprint density at radius 1 is 1.05 bits per heavy atom. The summed E-state index contributed by atoms with van der Waals surface area (Å²) in [6.45, 7) is 7.32. The van der Waals surface area contributed by atoms with Crippen molar-refractivity contribution < 1.29 is 48.3 Å². The molecule has 2 aromatic carbocycles. The molecule has 56 heavy (non-hydrogen) atoms. The number of thioether (sulfide) groups is 1. The molecule has 1 saturated carbocycles. The third-order valence-electron chi connectivity index (χ3n) is 11.3. The molecule has 0 bridgehead atoms. The molecule has 0 spiro atoms. The Balaban J connectivity index is 1.45. The fourth-order valence-electron chi connectivity index (χ4n) is 8.80. The molecule has 2 aliphatic carbocycles. The second kappa shape index (κ2) is 20.1. The van der Waals surface area contributed by atoms with Crippen LogP contribution in [0, 0.1) is 17.8 Å². The molecule has 4 aliphatic rings. The molecule has 2 heterocycles. The number of amides is 1. The van der Waals surface area contributed by atoms with Gasteiger partial charge in [-0.25, -0.2) is 4.79 Å². The molecule has 2 aliphatic heterocycles. The summed E-state index contributed by atoms with van der Waals surface area (Å²) in [4.78, 5) is 19.6. The molecule has 0 radical (unpaired) electrons. The van der Waals surface area contributed by atoms with E-state index in [9.17, 15) is 15.0 Å². The molecule has 7 atom stereocenters. The van der Waals surface area contributed by atoms with Crippen LogP contribution in [0.4, 0.5) is 10.5 Å². The van der Waals surface area contributed by atoms with Crippen molar-refractivity contribution in [1.82, 2.24) is 0 Å². The highest BCUT2D eigenvalue weighted by atomic mass is 32.2. The average Bonchev–Trinajstić information content (AvgIpc) is 3.22. The lowest BCUT2D eigenvalue weighted by Crippen LogP contribution is -2.64. The Morgan fingerprint density at radius 2 is 1.86 bits per heavy atom.